The number of rotatable bonds is 3. The van der Waals surface area contributed by atoms with Crippen molar-refractivity contribution in [3.8, 4) is 11.1 Å². The van der Waals surface area contributed by atoms with E-state index >= 15 is 0 Å². The lowest BCUT2D eigenvalue weighted by molar-refractivity contribution is -0.119. The number of halogens is 1. The molecule has 0 radical (unpaired) electrons. The lowest BCUT2D eigenvalue weighted by atomic mass is 10.0. The molecule has 0 aromatic heterocycles. The van der Waals surface area contributed by atoms with Gasteiger partial charge in [-0.3, -0.25) is 9.59 Å². The van der Waals surface area contributed by atoms with E-state index in [4.69, 9.17) is 0 Å². The minimum absolute atomic E-state index is 0.144. The largest absolute Gasteiger partial charge is 0.325 e. The number of carbonyl (C=O) groups is 2. The van der Waals surface area contributed by atoms with E-state index in [1.54, 1.807) is 53.1 Å². The summed E-state index contributed by atoms with van der Waals surface area (Å²) in [6.45, 7) is 2.64. The van der Waals surface area contributed by atoms with Gasteiger partial charge in [0.15, 0.2) is 0 Å². The van der Waals surface area contributed by atoms with Crippen molar-refractivity contribution >= 4 is 29.3 Å². The number of hydrogen-bond acceptors (Lipinski definition) is 3. The van der Waals surface area contributed by atoms with Gasteiger partial charge in [-0.1, -0.05) is 31.2 Å². The Kier molecular flexibility index (Phi) is 4.44. The van der Waals surface area contributed by atoms with Crippen LogP contribution >= 0.6 is 11.8 Å². The third-order valence-electron chi connectivity index (χ3n) is 4.92. The zero-order chi connectivity index (χ0) is 18.3. The van der Waals surface area contributed by atoms with E-state index in [9.17, 15) is 14.0 Å². The second kappa shape index (κ2) is 6.76. The van der Waals surface area contributed by atoms with E-state index in [2.05, 4.69) is 12.2 Å². The summed E-state index contributed by atoms with van der Waals surface area (Å²) in [6, 6.07) is 11.1. The third-order valence-corrected chi connectivity index (χ3v) is 6.07. The van der Waals surface area contributed by atoms with Gasteiger partial charge < -0.3 is 10.2 Å². The van der Waals surface area contributed by atoms with Crippen LogP contribution in [-0.4, -0.2) is 40.3 Å². The summed E-state index contributed by atoms with van der Waals surface area (Å²) >= 11 is 1.78. The first-order valence-corrected chi connectivity index (χ1v) is 9.75. The molecule has 0 unspecified atom stereocenters. The highest BCUT2D eigenvalue weighted by molar-refractivity contribution is 7.99. The number of thioether (sulfide) groups is 1. The Bertz CT molecular complexity index is 886. The predicted molar refractivity (Wildman–Crippen MR) is 102 cm³/mol. The summed E-state index contributed by atoms with van der Waals surface area (Å²) in [6.07, 6.45) is 0.671. The zero-order valence-electron chi connectivity index (χ0n) is 14.4. The first kappa shape index (κ1) is 17.1. The Balaban J connectivity index is 1.74. The van der Waals surface area contributed by atoms with E-state index in [0.29, 0.717) is 35.3 Å². The molecule has 0 spiro atoms. The van der Waals surface area contributed by atoms with Crippen LogP contribution in [0.25, 0.3) is 11.1 Å². The van der Waals surface area contributed by atoms with Crippen molar-refractivity contribution in [3.05, 3.63) is 53.8 Å². The first-order valence-electron chi connectivity index (χ1n) is 8.71. The molecule has 2 heterocycles. The number of benzene rings is 2. The van der Waals surface area contributed by atoms with Crippen LogP contribution in [0, 0.1) is 5.82 Å². The molecule has 0 aliphatic carbocycles. The number of fused-ring (bicyclic) bond motifs is 2. The molecule has 4 nitrogen and oxygen atoms in total. The summed E-state index contributed by atoms with van der Waals surface area (Å²) < 4.78 is 14.1. The molecule has 4 rings (SSSR count). The van der Waals surface area contributed by atoms with Crippen LogP contribution in [0.2, 0.25) is 0 Å². The number of anilines is 1. The highest BCUT2D eigenvalue weighted by atomic mass is 32.2. The topological polar surface area (TPSA) is 49.4 Å². The molecular formula is C20H19FN2O2S. The second-order valence-corrected chi connectivity index (χ2v) is 8.09. The minimum atomic E-state index is -0.434. The third kappa shape index (κ3) is 2.88. The maximum atomic E-state index is 14.1. The van der Waals surface area contributed by atoms with Crippen molar-refractivity contribution in [1.82, 2.24) is 4.90 Å². The van der Waals surface area contributed by atoms with Crippen LogP contribution in [-0.2, 0) is 4.79 Å². The van der Waals surface area contributed by atoms with E-state index in [1.807, 2.05) is 0 Å². The van der Waals surface area contributed by atoms with Crippen molar-refractivity contribution < 1.29 is 14.0 Å². The zero-order valence-corrected chi connectivity index (χ0v) is 15.2. The van der Waals surface area contributed by atoms with Crippen molar-refractivity contribution in [2.24, 2.45) is 0 Å². The van der Waals surface area contributed by atoms with Gasteiger partial charge >= 0.3 is 0 Å². The number of nitrogens with one attached hydrogen (secondary N) is 1. The molecule has 1 fully saturated rings. The minimum Gasteiger partial charge on any atom is -0.325 e. The molecule has 6 heteroatoms. The van der Waals surface area contributed by atoms with Crippen molar-refractivity contribution in [1.29, 1.82) is 0 Å². The highest BCUT2D eigenvalue weighted by Gasteiger charge is 2.42. The quantitative estimate of drug-likeness (QED) is 0.895. The SMILES string of the molecule is CCS[C@H]1C[C@H]2C(=O)Nc3ccc(-c4ccccc4F)cc3C(=O)N2C1. The molecule has 2 aliphatic rings. The number of hydrogen-bond donors (Lipinski definition) is 1. The van der Waals surface area contributed by atoms with Gasteiger partial charge in [-0.15, -0.1) is 0 Å². The summed E-state index contributed by atoms with van der Waals surface area (Å²) in [5.74, 6) is 0.307. The van der Waals surface area contributed by atoms with E-state index in [0.717, 1.165) is 5.75 Å². The molecule has 2 aromatic carbocycles. The summed E-state index contributed by atoms with van der Waals surface area (Å²) in [4.78, 5) is 27.4. The molecule has 2 aliphatic heterocycles. The van der Waals surface area contributed by atoms with Crippen molar-refractivity contribution in [2.75, 3.05) is 17.6 Å². The molecular weight excluding hydrogens is 351 g/mol. The number of carbonyl (C=O) groups excluding carboxylic acids is 2. The van der Waals surface area contributed by atoms with Gasteiger partial charge in [0, 0.05) is 17.4 Å². The van der Waals surface area contributed by atoms with E-state index in [-0.39, 0.29) is 22.9 Å². The summed E-state index contributed by atoms with van der Waals surface area (Å²) in [7, 11) is 0. The number of amides is 2. The molecule has 0 saturated carbocycles. The van der Waals surface area contributed by atoms with Crippen LogP contribution in [0.1, 0.15) is 23.7 Å². The maximum absolute atomic E-state index is 14.1. The van der Waals surface area contributed by atoms with Crippen molar-refractivity contribution in [3.63, 3.8) is 0 Å². The Morgan fingerprint density at radius 2 is 2.00 bits per heavy atom. The average molecular weight is 370 g/mol. The van der Waals surface area contributed by atoms with Crippen LogP contribution in [0.3, 0.4) is 0 Å². The predicted octanol–water partition coefficient (Wildman–Crippen LogP) is 3.78. The smallest absolute Gasteiger partial charge is 0.256 e. The molecule has 2 atom stereocenters. The molecule has 1 N–H and O–H groups in total. The monoisotopic (exact) mass is 370 g/mol. The average Bonchev–Trinajstić information content (AvgIpc) is 3.03. The van der Waals surface area contributed by atoms with Crippen LogP contribution < -0.4 is 5.32 Å². The van der Waals surface area contributed by atoms with Gasteiger partial charge in [0.05, 0.1) is 11.3 Å². The number of nitrogens with zero attached hydrogens (tertiary/aromatic N) is 1. The Labute approximate surface area is 155 Å². The maximum Gasteiger partial charge on any atom is 0.256 e. The van der Waals surface area contributed by atoms with E-state index < -0.39 is 6.04 Å². The molecule has 2 aromatic rings. The van der Waals surface area contributed by atoms with E-state index in [1.165, 1.54) is 6.07 Å². The van der Waals surface area contributed by atoms with Crippen LogP contribution in [0.4, 0.5) is 10.1 Å². The van der Waals surface area contributed by atoms with Gasteiger partial charge in [-0.2, -0.15) is 11.8 Å². The first-order chi connectivity index (χ1) is 12.6. The summed E-state index contributed by atoms with van der Waals surface area (Å²) in [5.41, 5.74) is 1.98. The fourth-order valence-corrected chi connectivity index (χ4v) is 4.75. The Morgan fingerprint density at radius 1 is 1.19 bits per heavy atom. The van der Waals surface area contributed by atoms with Gasteiger partial charge in [0.1, 0.15) is 11.9 Å². The van der Waals surface area contributed by atoms with Gasteiger partial charge in [0.25, 0.3) is 5.91 Å². The molecule has 26 heavy (non-hydrogen) atoms. The fraction of sp³-hybridized carbons (Fsp3) is 0.300. The standard InChI is InChI=1S/C20H19FN2O2S/c1-2-26-13-10-18-19(24)22-17-8-7-12(14-5-3-4-6-16(14)21)9-15(17)20(25)23(18)11-13/h3-9,13,18H,2,10-11H2,1H3,(H,22,24)/t13-,18-/m0/s1. The molecule has 0 bridgehead atoms. The Morgan fingerprint density at radius 3 is 2.77 bits per heavy atom. The second-order valence-electron chi connectivity index (χ2n) is 6.52. The normalized spacial score (nSPS) is 21.8. The van der Waals surface area contributed by atoms with Gasteiger partial charge in [-0.05, 0) is 35.9 Å². The molecule has 1 saturated heterocycles. The lowest BCUT2D eigenvalue weighted by Gasteiger charge is -2.20. The van der Waals surface area contributed by atoms with Crippen molar-refractivity contribution in [2.45, 2.75) is 24.6 Å². The van der Waals surface area contributed by atoms with Crippen LogP contribution in [0.15, 0.2) is 42.5 Å². The highest BCUT2D eigenvalue weighted by Crippen LogP contribution is 2.35. The summed E-state index contributed by atoms with van der Waals surface area (Å²) in [5, 5.41) is 3.15. The lowest BCUT2D eigenvalue weighted by Crippen LogP contribution is -2.40. The van der Waals surface area contributed by atoms with Gasteiger partial charge in [-0.25, -0.2) is 4.39 Å². The Hall–Kier alpha value is -2.34. The molecule has 134 valence electrons. The van der Waals surface area contributed by atoms with Gasteiger partial charge in [0.2, 0.25) is 5.91 Å². The van der Waals surface area contributed by atoms with Crippen LogP contribution in [0.5, 0.6) is 0 Å². The molecule has 2 amide bonds. The fourth-order valence-electron chi connectivity index (χ4n) is 3.69.